The summed E-state index contributed by atoms with van der Waals surface area (Å²) >= 11 is 5.78. The van der Waals surface area contributed by atoms with E-state index in [1.807, 2.05) is 0 Å². The number of aliphatic hydroxyl groups is 1. The van der Waals surface area contributed by atoms with Gasteiger partial charge in [-0.15, -0.1) is 0 Å². The van der Waals surface area contributed by atoms with Gasteiger partial charge in [0.15, 0.2) is 11.5 Å². The van der Waals surface area contributed by atoms with Gasteiger partial charge in [-0.05, 0) is 11.6 Å². The van der Waals surface area contributed by atoms with E-state index in [1.165, 1.54) is 10.9 Å². The summed E-state index contributed by atoms with van der Waals surface area (Å²) in [6.07, 6.45) is -2.32. The second kappa shape index (κ2) is 8.41. The number of nitrogens with two attached hydrogens (primary N) is 1. The molecule has 3 rings (SSSR count). The average Bonchev–Trinajstić information content (AvgIpc) is 3.13. The Bertz CT molecular complexity index is 1110. The summed E-state index contributed by atoms with van der Waals surface area (Å²) in [4.78, 5) is 57.9. The highest BCUT2D eigenvalue weighted by Gasteiger charge is 2.57. The van der Waals surface area contributed by atoms with Crippen LogP contribution in [0.15, 0.2) is 6.33 Å². The van der Waals surface area contributed by atoms with Crippen LogP contribution in [0, 0.1) is 0 Å². The minimum Gasteiger partial charge on any atom is -0.390 e. The van der Waals surface area contributed by atoms with Crippen molar-refractivity contribution in [1.82, 2.24) is 19.5 Å². The molecule has 1 fully saturated rings. The fourth-order valence-electron chi connectivity index (χ4n) is 2.98. The number of imidazole rings is 1. The van der Waals surface area contributed by atoms with Crippen LogP contribution in [0.1, 0.15) is 12.6 Å². The number of fused-ring (bicyclic) bond motifs is 1. The van der Waals surface area contributed by atoms with E-state index in [0.29, 0.717) is 0 Å². The monoisotopic (exact) mass is 523 g/mol. The average molecular weight is 524 g/mol. The Balaban J connectivity index is 1.77. The van der Waals surface area contributed by atoms with E-state index >= 15 is 0 Å². The zero-order valence-corrected chi connectivity index (χ0v) is 18.6. The number of hydrogen-bond acceptors (Lipinski definition) is 10. The number of ether oxygens (including phenoxy) is 1. The lowest BCUT2D eigenvalue weighted by atomic mass is 10.2. The Morgan fingerprint density at radius 3 is 2.42 bits per heavy atom. The smallest absolute Gasteiger partial charge is 0.355 e. The van der Waals surface area contributed by atoms with Gasteiger partial charge in [0.25, 0.3) is 5.14 Å². The predicted molar refractivity (Wildman–Crippen MR) is 103 cm³/mol. The fraction of sp³-hybridized carbons (Fsp3) is 0.545. The van der Waals surface area contributed by atoms with Crippen LogP contribution >= 0.6 is 34.4 Å². The Labute approximate surface area is 177 Å². The van der Waals surface area contributed by atoms with Gasteiger partial charge in [-0.3, -0.25) is 18.3 Å². The van der Waals surface area contributed by atoms with Gasteiger partial charge >= 0.3 is 22.8 Å². The molecule has 8 N–H and O–H groups in total. The summed E-state index contributed by atoms with van der Waals surface area (Å²) in [5.74, 6) is -0.00527. The molecule has 0 bridgehead atoms. The Morgan fingerprint density at radius 2 is 1.84 bits per heavy atom. The van der Waals surface area contributed by atoms with Crippen LogP contribution in [0.5, 0.6) is 0 Å². The first-order chi connectivity index (χ1) is 14.1. The van der Waals surface area contributed by atoms with Crippen LogP contribution in [-0.2, 0) is 23.0 Å². The van der Waals surface area contributed by atoms with Gasteiger partial charge in [0.2, 0.25) is 5.28 Å². The first-order valence-corrected chi connectivity index (χ1v) is 13.6. The topological polar surface area (TPSA) is 261 Å². The molecule has 31 heavy (non-hydrogen) atoms. The Kier molecular flexibility index (Phi) is 6.69. The minimum absolute atomic E-state index is 0.00527. The maximum Gasteiger partial charge on any atom is 0.355 e. The van der Waals surface area contributed by atoms with Crippen LogP contribution in [0.4, 0.5) is 5.82 Å². The van der Waals surface area contributed by atoms with Crippen molar-refractivity contribution in [3.8, 4) is 0 Å². The number of halogens is 1. The van der Waals surface area contributed by atoms with Gasteiger partial charge in [0.1, 0.15) is 17.8 Å². The van der Waals surface area contributed by atoms with Gasteiger partial charge in [-0.25, -0.2) is 4.98 Å². The lowest BCUT2D eigenvalue weighted by Crippen LogP contribution is -2.27. The maximum absolute atomic E-state index is 12.2. The van der Waals surface area contributed by atoms with Gasteiger partial charge in [0.05, 0.1) is 19.0 Å². The van der Waals surface area contributed by atoms with Crippen molar-refractivity contribution < 1.29 is 52.5 Å². The van der Waals surface area contributed by atoms with E-state index in [0.717, 1.165) is 0 Å². The summed E-state index contributed by atoms with van der Waals surface area (Å²) in [6, 6.07) is 0. The molecule has 20 heteroatoms. The number of rotatable bonds is 7. The largest absolute Gasteiger partial charge is 0.390 e. The van der Waals surface area contributed by atoms with Crippen molar-refractivity contribution in [1.29, 1.82) is 0 Å². The lowest BCUT2D eigenvalue weighted by molar-refractivity contribution is -0.0396. The summed E-state index contributed by atoms with van der Waals surface area (Å²) in [7, 11) is -17.0. The van der Waals surface area contributed by atoms with Crippen LogP contribution in [0.2, 0.25) is 5.28 Å². The SMILES string of the molecule is Nc1nc(Cl)nc2c1ncn2[C@H]1C[C@H](O)[C@@H](COP(=O)(O)C(P(=O)(O)O)P(=O)(O)O)O1. The van der Waals surface area contributed by atoms with E-state index in [9.17, 15) is 23.7 Å². The number of nitrogens with zero attached hydrogens (tertiary/aromatic N) is 4. The maximum atomic E-state index is 12.2. The normalized spacial score (nSPS) is 24.7. The third-order valence-electron chi connectivity index (χ3n) is 4.25. The van der Waals surface area contributed by atoms with E-state index in [-0.39, 0.29) is 28.7 Å². The van der Waals surface area contributed by atoms with E-state index in [2.05, 4.69) is 19.5 Å². The molecule has 4 atom stereocenters. The molecule has 0 aromatic carbocycles. The number of anilines is 1. The third-order valence-corrected chi connectivity index (χ3v) is 12.1. The molecule has 0 amide bonds. The molecule has 0 saturated carbocycles. The minimum atomic E-state index is -5.74. The lowest BCUT2D eigenvalue weighted by Gasteiger charge is -2.25. The summed E-state index contributed by atoms with van der Waals surface area (Å²) in [5, 5.41) is 6.74. The quantitative estimate of drug-likeness (QED) is 0.179. The summed E-state index contributed by atoms with van der Waals surface area (Å²) in [6.45, 7) is -0.910. The molecule has 1 unspecified atom stereocenters. The molecule has 1 aliphatic rings. The zero-order chi connectivity index (χ0) is 23.4. The number of nitrogen functional groups attached to an aromatic ring is 1. The molecule has 0 radical (unpaired) electrons. The highest BCUT2D eigenvalue weighted by Crippen LogP contribution is 2.75. The third kappa shape index (κ3) is 5.17. The standard InChI is InChI=1S/C11H17ClN5O11P3/c12-10-15-8(13)7-9(16-10)17(3-14-7)6-1-4(18)5(28-6)2-27-31(25,26)11(29(19,20)21)30(22,23)24/h3-6,11,18H,1-2H2,(H,25,26)(H2,13,15,16)(H2,19,20,21)(H2,22,23,24)/t4-,5+,6+/m0/s1. The molecule has 0 spiro atoms. The fourth-order valence-corrected chi connectivity index (χ4v) is 8.65. The molecular formula is C11H17ClN5O11P3. The van der Waals surface area contributed by atoms with Crippen LogP contribution in [0.25, 0.3) is 11.2 Å². The molecule has 1 aliphatic heterocycles. The number of aliphatic hydroxyl groups excluding tert-OH is 1. The zero-order valence-electron chi connectivity index (χ0n) is 15.1. The number of hydrogen-bond donors (Lipinski definition) is 7. The molecule has 2 aromatic heterocycles. The summed E-state index contributed by atoms with van der Waals surface area (Å²) in [5.41, 5.74) is 6.09. The van der Waals surface area contributed by atoms with Crippen LogP contribution in [0.3, 0.4) is 0 Å². The second-order valence-corrected chi connectivity index (χ2v) is 13.4. The van der Waals surface area contributed by atoms with Crippen molar-refractivity contribution in [3.05, 3.63) is 11.6 Å². The van der Waals surface area contributed by atoms with Crippen molar-refractivity contribution in [2.45, 2.75) is 30.0 Å². The molecule has 2 aromatic rings. The Hall–Kier alpha value is -0.990. The summed E-state index contributed by atoms with van der Waals surface area (Å²) < 4.78 is 46.3. The van der Waals surface area contributed by atoms with Crippen LogP contribution in [-0.4, -0.2) is 73.0 Å². The molecule has 0 aliphatic carbocycles. The van der Waals surface area contributed by atoms with Gasteiger partial charge in [-0.2, -0.15) is 9.97 Å². The molecule has 1 saturated heterocycles. The van der Waals surface area contributed by atoms with E-state index < -0.39 is 53.0 Å². The molecule has 16 nitrogen and oxygen atoms in total. The highest BCUT2D eigenvalue weighted by molar-refractivity contribution is 7.87. The van der Waals surface area contributed by atoms with Crippen molar-refractivity contribution in [3.63, 3.8) is 0 Å². The number of aromatic nitrogens is 4. The molecule has 3 heterocycles. The highest BCUT2D eigenvalue weighted by atomic mass is 35.5. The Morgan fingerprint density at radius 1 is 1.23 bits per heavy atom. The first kappa shape index (κ1) is 24.6. The van der Waals surface area contributed by atoms with Gasteiger partial charge in [-0.1, -0.05) is 0 Å². The van der Waals surface area contributed by atoms with Crippen molar-refractivity contribution in [2.24, 2.45) is 0 Å². The van der Waals surface area contributed by atoms with Crippen molar-refractivity contribution in [2.75, 3.05) is 12.3 Å². The molecular weight excluding hydrogens is 507 g/mol. The van der Waals surface area contributed by atoms with Crippen molar-refractivity contribution >= 4 is 51.4 Å². The molecule has 174 valence electrons. The predicted octanol–water partition coefficient (Wildman–Crippen LogP) is -0.449. The second-order valence-electron chi connectivity index (χ2n) is 6.52. The van der Waals surface area contributed by atoms with Gasteiger partial charge in [0, 0.05) is 6.42 Å². The van der Waals surface area contributed by atoms with E-state index in [4.69, 9.17) is 41.6 Å². The van der Waals surface area contributed by atoms with E-state index in [1.54, 1.807) is 0 Å². The van der Waals surface area contributed by atoms with Crippen LogP contribution < -0.4 is 5.73 Å². The first-order valence-electron chi connectivity index (χ1n) is 8.18. The van der Waals surface area contributed by atoms with Gasteiger partial charge < -0.3 is 44.6 Å².